The summed E-state index contributed by atoms with van der Waals surface area (Å²) >= 11 is 3.11. The minimum Gasteiger partial charge on any atom is -0.348 e. The second-order valence-corrected chi connectivity index (χ2v) is 6.74. The number of aromatic amines is 1. The van der Waals surface area contributed by atoms with E-state index in [0.717, 1.165) is 11.8 Å². The summed E-state index contributed by atoms with van der Waals surface area (Å²) < 4.78 is 27.1. The molecule has 0 unspecified atom stereocenters. The van der Waals surface area contributed by atoms with Gasteiger partial charge in [0.05, 0.1) is 11.3 Å². The number of rotatable bonds is 6. The van der Waals surface area contributed by atoms with E-state index >= 15 is 0 Å². The van der Waals surface area contributed by atoms with Gasteiger partial charge >= 0.3 is 0 Å². The largest absolute Gasteiger partial charge is 0.348 e. The van der Waals surface area contributed by atoms with Gasteiger partial charge in [0.2, 0.25) is 10.0 Å². The zero-order valence-electron chi connectivity index (χ0n) is 10.6. The minimum atomic E-state index is -3.97. The average molecular weight is 375 g/mol. The Kier molecular flexibility index (Phi) is 4.70. The van der Waals surface area contributed by atoms with Crippen molar-refractivity contribution in [2.24, 2.45) is 0 Å². The minimum absolute atomic E-state index is 0.105. The zero-order chi connectivity index (χ0) is 15.5. The molecule has 2 rings (SSSR count). The molecule has 1 heterocycles. The summed E-state index contributed by atoms with van der Waals surface area (Å²) in [5.74, 6) is 0. The molecule has 1 aromatic carbocycles. The second-order valence-electron chi connectivity index (χ2n) is 4.09. The standard InChI is InChI=1S/C11H11BrN4O4S/c12-8-1-2-10(16(17)18)11(5-8)21(19,20)15-4-3-9-6-13-7-14-9/h1-2,5-7,15H,3-4H2,(H,13,14). The number of hydrogen-bond acceptors (Lipinski definition) is 5. The van der Waals surface area contributed by atoms with Crippen molar-refractivity contribution in [3.05, 3.63) is 51.0 Å². The fourth-order valence-corrected chi connectivity index (χ4v) is 3.41. The van der Waals surface area contributed by atoms with Gasteiger partial charge in [0, 0.05) is 35.4 Å². The SMILES string of the molecule is O=[N+]([O-])c1ccc(Br)cc1S(=O)(=O)NCCc1cnc[nH]1. The number of halogens is 1. The highest BCUT2D eigenvalue weighted by atomic mass is 79.9. The molecule has 0 saturated heterocycles. The van der Waals surface area contributed by atoms with Crippen LogP contribution in [0.15, 0.2) is 40.1 Å². The van der Waals surface area contributed by atoms with E-state index in [1.165, 1.54) is 18.5 Å². The first-order valence-corrected chi connectivity index (χ1v) is 8.08. The molecule has 0 bridgehead atoms. The highest BCUT2D eigenvalue weighted by Crippen LogP contribution is 2.26. The lowest BCUT2D eigenvalue weighted by Gasteiger charge is -2.07. The van der Waals surface area contributed by atoms with Crippen LogP contribution in [0.2, 0.25) is 0 Å². The second kappa shape index (κ2) is 6.33. The van der Waals surface area contributed by atoms with Crippen LogP contribution in [0, 0.1) is 10.1 Å². The summed E-state index contributed by atoms with van der Waals surface area (Å²) in [6, 6.07) is 3.77. The first kappa shape index (κ1) is 15.6. The van der Waals surface area contributed by atoms with E-state index in [9.17, 15) is 18.5 Å². The van der Waals surface area contributed by atoms with Crippen LogP contribution in [0.5, 0.6) is 0 Å². The van der Waals surface area contributed by atoms with Crippen molar-refractivity contribution in [2.75, 3.05) is 6.54 Å². The number of benzene rings is 1. The lowest BCUT2D eigenvalue weighted by molar-refractivity contribution is -0.387. The molecule has 10 heteroatoms. The lowest BCUT2D eigenvalue weighted by atomic mass is 10.3. The highest BCUT2D eigenvalue weighted by Gasteiger charge is 2.25. The fraction of sp³-hybridized carbons (Fsp3) is 0.182. The maximum Gasteiger partial charge on any atom is 0.289 e. The zero-order valence-corrected chi connectivity index (χ0v) is 13.0. The molecule has 0 spiro atoms. The molecule has 0 fully saturated rings. The van der Waals surface area contributed by atoms with Crippen molar-refractivity contribution in [3.63, 3.8) is 0 Å². The van der Waals surface area contributed by atoms with Crippen LogP contribution in [0.25, 0.3) is 0 Å². The Bertz CT molecular complexity index is 746. The molecule has 0 aliphatic heterocycles. The summed E-state index contributed by atoms with van der Waals surface area (Å²) in [6.07, 6.45) is 3.47. The predicted octanol–water partition coefficient (Wildman–Crippen LogP) is 1.60. The van der Waals surface area contributed by atoms with Crippen molar-refractivity contribution in [1.29, 1.82) is 0 Å². The molecular formula is C11H11BrN4O4S. The van der Waals surface area contributed by atoms with Gasteiger partial charge in [0.1, 0.15) is 0 Å². The van der Waals surface area contributed by atoms with Gasteiger partial charge < -0.3 is 4.98 Å². The van der Waals surface area contributed by atoms with Gasteiger partial charge in [-0.05, 0) is 12.1 Å². The third-order valence-corrected chi connectivity index (χ3v) is 4.63. The predicted molar refractivity (Wildman–Crippen MR) is 78.3 cm³/mol. The third-order valence-electron chi connectivity index (χ3n) is 2.65. The number of nitro groups is 1. The molecule has 8 nitrogen and oxygen atoms in total. The van der Waals surface area contributed by atoms with Gasteiger partial charge in [-0.2, -0.15) is 0 Å². The molecule has 0 saturated carbocycles. The summed E-state index contributed by atoms with van der Waals surface area (Å²) in [7, 11) is -3.97. The topological polar surface area (TPSA) is 118 Å². The number of nitrogens with zero attached hydrogens (tertiary/aromatic N) is 2. The molecule has 2 N–H and O–H groups in total. The van der Waals surface area contributed by atoms with Crippen molar-refractivity contribution < 1.29 is 13.3 Å². The van der Waals surface area contributed by atoms with E-state index in [-0.39, 0.29) is 11.4 Å². The fourth-order valence-electron chi connectivity index (χ4n) is 1.67. The normalized spacial score (nSPS) is 11.5. The van der Waals surface area contributed by atoms with Gasteiger partial charge in [-0.25, -0.2) is 18.1 Å². The van der Waals surface area contributed by atoms with Gasteiger partial charge in [-0.1, -0.05) is 15.9 Å². The van der Waals surface area contributed by atoms with Crippen molar-refractivity contribution in [1.82, 2.24) is 14.7 Å². The number of nitrogens with one attached hydrogen (secondary N) is 2. The van der Waals surface area contributed by atoms with E-state index in [1.54, 1.807) is 6.20 Å². The number of aromatic nitrogens is 2. The number of sulfonamides is 1. The lowest BCUT2D eigenvalue weighted by Crippen LogP contribution is -2.26. The summed E-state index contributed by atoms with van der Waals surface area (Å²) in [5, 5.41) is 10.9. The van der Waals surface area contributed by atoms with Crippen LogP contribution < -0.4 is 4.72 Å². The first-order chi connectivity index (χ1) is 9.90. The Morgan fingerprint density at radius 2 is 2.19 bits per heavy atom. The van der Waals surface area contributed by atoms with Crippen molar-refractivity contribution >= 4 is 31.6 Å². The monoisotopic (exact) mass is 374 g/mol. The third kappa shape index (κ3) is 3.86. The van der Waals surface area contributed by atoms with E-state index in [2.05, 4.69) is 30.6 Å². The van der Waals surface area contributed by atoms with Crippen LogP contribution in [-0.4, -0.2) is 29.9 Å². The summed E-state index contributed by atoms with van der Waals surface area (Å²) in [6.45, 7) is 0.105. The van der Waals surface area contributed by atoms with Crippen LogP contribution in [0.1, 0.15) is 5.69 Å². The molecule has 112 valence electrons. The van der Waals surface area contributed by atoms with E-state index < -0.39 is 20.6 Å². The number of nitro benzene ring substituents is 1. The molecule has 0 radical (unpaired) electrons. The molecule has 0 atom stereocenters. The van der Waals surface area contributed by atoms with Gasteiger partial charge in [-0.3, -0.25) is 10.1 Å². The Morgan fingerprint density at radius 3 is 2.81 bits per heavy atom. The Balaban J connectivity index is 2.19. The molecule has 0 aliphatic rings. The number of H-pyrrole nitrogens is 1. The van der Waals surface area contributed by atoms with Gasteiger partial charge in [-0.15, -0.1) is 0 Å². The maximum absolute atomic E-state index is 12.2. The Labute approximate surface area is 128 Å². The van der Waals surface area contributed by atoms with E-state index in [4.69, 9.17) is 0 Å². The molecule has 0 amide bonds. The average Bonchev–Trinajstić information content (AvgIpc) is 2.91. The molecular weight excluding hydrogens is 364 g/mol. The molecule has 1 aromatic heterocycles. The molecule has 0 aliphatic carbocycles. The van der Waals surface area contributed by atoms with Crippen LogP contribution >= 0.6 is 15.9 Å². The highest BCUT2D eigenvalue weighted by molar-refractivity contribution is 9.10. The first-order valence-electron chi connectivity index (χ1n) is 5.81. The van der Waals surface area contributed by atoms with Crippen LogP contribution in [0.3, 0.4) is 0 Å². The summed E-state index contributed by atoms with van der Waals surface area (Å²) in [5.41, 5.74) is 0.300. The number of imidazole rings is 1. The van der Waals surface area contributed by atoms with Crippen LogP contribution in [0.4, 0.5) is 5.69 Å². The maximum atomic E-state index is 12.2. The summed E-state index contributed by atoms with van der Waals surface area (Å²) in [4.78, 5) is 16.5. The van der Waals surface area contributed by atoms with Crippen molar-refractivity contribution in [2.45, 2.75) is 11.3 Å². The van der Waals surface area contributed by atoms with E-state index in [0.29, 0.717) is 10.9 Å². The molecule has 2 aromatic rings. The van der Waals surface area contributed by atoms with Crippen LogP contribution in [-0.2, 0) is 16.4 Å². The Morgan fingerprint density at radius 1 is 1.43 bits per heavy atom. The van der Waals surface area contributed by atoms with Crippen molar-refractivity contribution in [3.8, 4) is 0 Å². The quantitative estimate of drug-likeness (QED) is 0.587. The number of hydrogen-bond donors (Lipinski definition) is 2. The smallest absolute Gasteiger partial charge is 0.289 e. The van der Waals surface area contributed by atoms with E-state index in [1.807, 2.05) is 0 Å². The Hall–Kier alpha value is -1.78. The van der Waals surface area contributed by atoms with Gasteiger partial charge in [0.15, 0.2) is 4.90 Å². The van der Waals surface area contributed by atoms with Gasteiger partial charge in [0.25, 0.3) is 5.69 Å². The molecule has 21 heavy (non-hydrogen) atoms.